The molecule has 40 heavy (non-hydrogen) atoms. The first-order valence-corrected chi connectivity index (χ1v) is 13.0. The number of carbonyl (C=O) groups is 1. The van der Waals surface area contributed by atoms with Gasteiger partial charge in [-0.1, -0.05) is 30.3 Å². The normalized spacial score (nSPS) is 21.0. The van der Waals surface area contributed by atoms with Crippen LogP contribution >= 0.6 is 11.6 Å². The number of aromatic nitrogens is 1. The lowest BCUT2D eigenvalue weighted by Crippen LogP contribution is -2.43. The van der Waals surface area contributed by atoms with E-state index in [2.05, 4.69) is 22.0 Å². The maximum Gasteiger partial charge on any atom is 0.417 e. The standard InChI is InChI=1S/C29H26ClF3N4O3/c1-17(39-26-12-9-22(15-34-26)29(31,32)33)24-13-14-37(16-25(24)19-7-10-23(30)11-8-19)28(38)21-5-3-20(4-6-21)27-35-18(2)36-40-27/h3-12,15,18,24-25,36H,1,13-14,16H2,2H3/t18?,24-,25-/m1/s1. The molecule has 7 nitrogen and oxygen atoms in total. The van der Waals surface area contributed by atoms with Crippen LogP contribution in [0, 0.1) is 5.92 Å². The molecule has 1 fully saturated rings. The van der Waals surface area contributed by atoms with Crippen molar-refractivity contribution in [2.75, 3.05) is 13.1 Å². The first-order chi connectivity index (χ1) is 19.1. The molecule has 2 aliphatic heterocycles. The fourth-order valence-electron chi connectivity index (χ4n) is 4.83. The number of amides is 1. The molecular weight excluding hydrogens is 545 g/mol. The molecule has 3 atom stereocenters. The molecule has 1 unspecified atom stereocenters. The molecule has 0 bridgehead atoms. The third-order valence-electron chi connectivity index (χ3n) is 6.93. The van der Waals surface area contributed by atoms with E-state index in [4.69, 9.17) is 21.2 Å². The molecule has 11 heteroatoms. The molecule has 2 aromatic carbocycles. The van der Waals surface area contributed by atoms with Crippen molar-refractivity contribution in [3.63, 3.8) is 0 Å². The van der Waals surface area contributed by atoms with Crippen LogP contribution in [0.4, 0.5) is 13.2 Å². The van der Waals surface area contributed by atoms with Gasteiger partial charge in [0.25, 0.3) is 5.91 Å². The lowest BCUT2D eigenvalue weighted by molar-refractivity contribution is -0.137. The number of allylic oxidation sites excluding steroid dienone is 1. The smallest absolute Gasteiger partial charge is 0.417 e. The Balaban J connectivity index is 1.33. The van der Waals surface area contributed by atoms with Crippen molar-refractivity contribution in [3.05, 3.63) is 106 Å². The minimum atomic E-state index is -4.49. The number of aliphatic imine (C=N–C) groups is 1. The van der Waals surface area contributed by atoms with Gasteiger partial charge in [0.2, 0.25) is 11.8 Å². The number of benzene rings is 2. The summed E-state index contributed by atoms with van der Waals surface area (Å²) in [6.45, 7) is 6.77. The summed E-state index contributed by atoms with van der Waals surface area (Å²) in [4.78, 5) is 28.8. The highest BCUT2D eigenvalue weighted by Gasteiger charge is 2.36. The molecule has 0 radical (unpaired) electrons. The number of nitrogens with one attached hydrogen (secondary N) is 1. The predicted molar refractivity (Wildman–Crippen MR) is 144 cm³/mol. The van der Waals surface area contributed by atoms with Crippen LogP contribution in [-0.2, 0) is 11.0 Å². The average molecular weight is 571 g/mol. The molecule has 3 heterocycles. The first kappa shape index (κ1) is 27.7. The topological polar surface area (TPSA) is 76.0 Å². The van der Waals surface area contributed by atoms with E-state index in [0.29, 0.717) is 41.8 Å². The number of piperidine rings is 1. The van der Waals surface area contributed by atoms with Crippen molar-refractivity contribution in [1.82, 2.24) is 15.4 Å². The number of hydrogen-bond acceptors (Lipinski definition) is 6. The fourth-order valence-corrected chi connectivity index (χ4v) is 4.96. The summed E-state index contributed by atoms with van der Waals surface area (Å²) < 4.78 is 44.6. The van der Waals surface area contributed by atoms with Crippen LogP contribution in [0.15, 0.2) is 84.2 Å². The van der Waals surface area contributed by atoms with Crippen LogP contribution in [0.5, 0.6) is 5.88 Å². The van der Waals surface area contributed by atoms with Gasteiger partial charge in [-0.2, -0.15) is 13.2 Å². The van der Waals surface area contributed by atoms with E-state index in [-0.39, 0.29) is 29.8 Å². The molecule has 1 aromatic heterocycles. The van der Waals surface area contributed by atoms with Gasteiger partial charge in [-0.15, -0.1) is 5.48 Å². The maximum absolute atomic E-state index is 13.5. The van der Waals surface area contributed by atoms with E-state index in [0.717, 1.165) is 23.4 Å². The van der Waals surface area contributed by atoms with Gasteiger partial charge in [-0.3, -0.25) is 4.79 Å². The lowest BCUT2D eigenvalue weighted by atomic mass is 9.79. The zero-order valence-electron chi connectivity index (χ0n) is 21.5. The minimum Gasteiger partial charge on any atom is -0.444 e. The highest BCUT2D eigenvalue weighted by molar-refractivity contribution is 6.30. The Morgan fingerprint density at radius 2 is 1.85 bits per heavy atom. The van der Waals surface area contributed by atoms with Gasteiger partial charge >= 0.3 is 6.18 Å². The van der Waals surface area contributed by atoms with Crippen molar-refractivity contribution in [2.24, 2.45) is 10.9 Å². The van der Waals surface area contributed by atoms with Crippen LogP contribution in [0.25, 0.3) is 0 Å². The molecule has 208 valence electrons. The summed E-state index contributed by atoms with van der Waals surface area (Å²) in [5.41, 5.74) is 4.13. The highest BCUT2D eigenvalue weighted by Crippen LogP contribution is 2.38. The Morgan fingerprint density at radius 1 is 1.12 bits per heavy atom. The van der Waals surface area contributed by atoms with E-state index in [1.165, 1.54) is 6.07 Å². The molecule has 3 aromatic rings. The van der Waals surface area contributed by atoms with Crippen molar-refractivity contribution in [1.29, 1.82) is 0 Å². The number of ether oxygens (including phenoxy) is 1. The molecule has 1 amide bonds. The van der Waals surface area contributed by atoms with Gasteiger partial charge in [-0.25, -0.2) is 9.98 Å². The van der Waals surface area contributed by atoms with Crippen LogP contribution in [0.1, 0.15) is 46.3 Å². The summed E-state index contributed by atoms with van der Waals surface area (Å²) in [6.07, 6.45) is -3.37. The number of hydrogen-bond donors (Lipinski definition) is 1. The molecule has 0 aliphatic carbocycles. The first-order valence-electron chi connectivity index (χ1n) is 12.6. The second kappa shape index (κ2) is 11.3. The number of halogens is 4. The Hall–Kier alpha value is -3.89. The third kappa shape index (κ3) is 6.13. The predicted octanol–water partition coefficient (Wildman–Crippen LogP) is 6.22. The number of rotatable bonds is 6. The maximum atomic E-state index is 13.5. The monoisotopic (exact) mass is 570 g/mol. The minimum absolute atomic E-state index is 0.0203. The van der Waals surface area contributed by atoms with Crippen LogP contribution < -0.4 is 10.2 Å². The number of likely N-dealkylation sites (tertiary alicyclic amines) is 1. The van der Waals surface area contributed by atoms with E-state index < -0.39 is 11.7 Å². The second-order valence-corrected chi connectivity index (χ2v) is 10.1. The number of hydroxylamine groups is 1. The third-order valence-corrected chi connectivity index (χ3v) is 7.18. The van der Waals surface area contributed by atoms with E-state index >= 15 is 0 Å². The molecular formula is C29H26ClF3N4O3. The van der Waals surface area contributed by atoms with Crippen LogP contribution in [0.2, 0.25) is 5.02 Å². The second-order valence-electron chi connectivity index (χ2n) is 9.66. The van der Waals surface area contributed by atoms with Gasteiger partial charge in [0.15, 0.2) is 0 Å². The van der Waals surface area contributed by atoms with Crippen LogP contribution in [-0.4, -0.2) is 40.9 Å². The summed E-state index contributed by atoms with van der Waals surface area (Å²) in [5, 5.41) is 0.577. The quantitative estimate of drug-likeness (QED) is 0.356. The van der Waals surface area contributed by atoms with E-state index in [1.807, 2.05) is 19.1 Å². The average Bonchev–Trinajstić information content (AvgIpc) is 3.39. The van der Waals surface area contributed by atoms with E-state index in [9.17, 15) is 18.0 Å². The van der Waals surface area contributed by atoms with Gasteiger partial charge in [0.1, 0.15) is 11.9 Å². The zero-order chi connectivity index (χ0) is 28.4. The van der Waals surface area contributed by atoms with Crippen molar-refractivity contribution in [2.45, 2.75) is 31.6 Å². The Bertz CT molecular complexity index is 1410. The Kier molecular flexibility index (Phi) is 7.82. The van der Waals surface area contributed by atoms with Crippen molar-refractivity contribution < 1.29 is 27.5 Å². The molecule has 0 saturated carbocycles. The number of nitrogens with zero attached hydrogens (tertiary/aromatic N) is 3. The molecule has 0 spiro atoms. The highest BCUT2D eigenvalue weighted by atomic mass is 35.5. The lowest BCUT2D eigenvalue weighted by Gasteiger charge is -2.39. The largest absolute Gasteiger partial charge is 0.444 e. The SMILES string of the molecule is C=C(Oc1ccc(C(F)(F)F)cn1)[C@H]1CCN(C(=O)c2ccc(C3=NC(C)NO3)cc2)C[C@@H]1c1ccc(Cl)cc1. The molecule has 1 N–H and O–H groups in total. The Labute approximate surface area is 234 Å². The molecule has 2 aliphatic rings. The zero-order valence-corrected chi connectivity index (χ0v) is 22.2. The van der Waals surface area contributed by atoms with Gasteiger partial charge in [0, 0.05) is 53.3 Å². The van der Waals surface area contributed by atoms with Gasteiger partial charge in [-0.05, 0) is 61.4 Å². The summed E-state index contributed by atoms with van der Waals surface area (Å²) in [5.74, 6) is 0.321. The van der Waals surface area contributed by atoms with Crippen molar-refractivity contribution in [3.8, 4) is 5.88 Å². The van der Waals surface area contributed by atoms with Gasteiger partial charge < -0.3 is 14.5 Å². The number of carbonyl (C=O) groups excluding carboxylic acids is 1. The van der Waals surface area contributed by atoms with E-state index in [1.54, 1.807) is 41.3 Å². The summed E-state index contributed by atoms with van der Waals surface area (Å²) in [6, 6.07) is 16.5. The summed E-state index contributed by atoms with van der Waals surface area (Å²) >= 11 is 6.11. The Morgan fingerprint density at radius 3 is 2.45 bits per heavy atom. The molecule has 1 saturated heterocycles. The fraction of sp³-hybridized carbons (Fsp3) is 0.276. The van der Waals surface area contributed by atoms with Crippen molar-refractivity contribution >= 4 is 23.4 Å². The van der Waals surface area contributed by atoms with Gasteiger partial charge in [0.05, 0.1) is 5.56 Å². The molecule has 5 rings (SSSR count). The van der Waals surface area contributed by atoms with Crippen LogP contribution in [0.3, 0.4) is 0 Å². The number of alkyl halides is 3. The number of pyridine rings is 1. The summed E-state index contributed by atoms with van der Waals surface area (Å²) in [7, 11) is 0.